The fourth-order valence-corrected chi connectivity index (χ4v) is 7.40. The molecule has 41 heavy (non-hydrogen) atoms. The lowest BCUT2D eigenvalue weighted by atomic mass is 9.72. The molecule has 4 heterocycles. The standard InChI is InChI=1S/C32H33ClN6O2/c1-19-26(18-38(37-19)22-11-13-34-14-12-22)24-7-4-8-27(33)30(24)20-9-10-25-28(15-20)36-32(41)39(31(25)40)29-17-35-16-21-5-2-3-6-23(21)29/h2-8,16-18,20,22,25,28,34H,9-15H2,1H3,(H,36,41). The lowest BCUT2D eigenvalue weighted by Gasteiger charge is -2.43. The molecule has 0 radical (unpaired) electrons. The van der Waals surface area contributed by atoms with Crippen LogP contribution in [0.15, 0.2) is 61.1 Å². The Labute approximate surface area is 244 Å². The molecule has 3 amide bonds. The molecule has 3 atom stereocenters. The van der Waals surface area contributed by atoms with E-state index in [1.165, 1.54) is 4.90 Å². The number of amides is 3. The second-order valence-electron chi connectivity index (χ2n) is 11.5. The molecule has 4 aromatic rings. The monoisotopic (exact) mass is 568 g/mol. The van der Waals surface area contributed by atoms with Crippen molar-refractivity contribution in [2.75, 3.05) is 18.0 Å². The average molecular weight is 569 g/mol. The fraction of sp³-hybridized carbons (Fsp3) is 0.375. The highest BCUT2D eigenvalue weighted by Gasteiger charge is 2.46. The molecule has 2 aromatic heterocycles. The van der Waals surface area contributed by atoms with Crippen molar-refractivity contribution in [2.45, 2.75) is 57.0 Å². The highest BCUT2D eigenvalue weighted by atomic mass is 35.5. The molecule has 7 rings (SSSR count). The minimum absolute atomic E-state index is 0.112. The number of nitrogens with one attached hydrogen (secondary N) is 2. The number of rotatable bonds is 4. The molecule has 0 spiro atoms. The van der Waals surface area contributed by atoms with Gasteiger partial charge in [0.05, 0.1) is 29.5 Å². The smallest absolute Gasteiger partial charge is 0.329 e. The fourth-order valence-electron chi connectivity index (χ4n) is 7.07. The van der Waals surface area contributed by atoms with Gasteiger partial charge in [0.25, 0.3) is 0 Å². The number of benzene rings is 2. The van der Waals surface area contributed by atoms with Crippen molar-refractivity contribution in [1.82, 2.24) is 25.4 Å². The molecule has 1 aliphatic carbocycles. The van der Waals surface area contributed by atoms with E-state index in [0.29, 0.717) is 24.6 Å². The first-order valence-corrected chi connectivity index (χ1v) is 14.9. The molecule has 3 fully saturated rings. The van der Waals surface area contributed by atoms with Gasteiger partial charge in [0.15, 0.2) is 0 Å². The van der Waals surface area contributed by atoms with Crippen LogP contribution in [-0.2, 0) is 4.79 Å². The second kappa shape index (κ2) is 10.6. The number of aryl methyl sites for hydroxylation is 1. The summed E-state index contributed by atoms with van der Waals surface area (Å²) in [4.78, 5) is 32.8. The van der Waals surface area contributed by atoms with E-state index >= 15 is 0 Å². The van der Waals surface area contributed by atoms with Crippen molar-refractivity contribution >= 4 is 40.0 Å². The van der Waals surface area contributed by atoms with Crippen LogP contribution in [0.2, 0.25) is 5.02 Å². The normalized spacial score (nSPS) is 23.5. The summed E-state index contributed by atoms with van der Waals surface area (Å²) < 4.78 is 2.13. The van der Waals surface area contributed by atoms with Crippen LogP contribution in [0.25, 0.3) is 21.9 Å². The summed E-state index contributed by atoms with van der Waals surface area (Å²) in [5, 5.41) is 13.9. The molecule has 1 saturated carbocycles. The summed E-state index contributed by atoms with van der Waals surface area (Å²) in [6.45, 7) is 4.07. The number of anilines is 1. The molecule has 2 aliphatic heterocycles. The van der Waals surface area contributed by atoms with Crippen molar-refractivity contribution in [1.29, 1.82) is 0 Å². The summed E-state index contributed by atoms with van der Waals surface area (Å²) in [6, 6.07) is 13.5. The third-order valence-electron chi connectivity index (χ3n) is 9.14. The Balaban J connectivity index is 1.17. The second-order valence-corrected chi connectivity index (χ2v) is 11.9. The van der Waals surface area contributed by atoms with E-state index < -0.39 is 6.03 Å². The van der Waals surface area contributed by atoms with Crippen molar-refractivity contribution in [3.8, 4) is 11.1 Å². The van der Waals surface area contributed by atoms with E-state index in [0.717, 1.165) is 70.5 Å². The van der Waals surface area contributed by atoms with E-state index in [2.05, 4.69) is 39.5 Å². The topological polar surface area (TPSA) is 92.2 Å². The maximum absolute atomic E-state index is 13.8. The van der Waals surface area contributed by atoms with Gasteiger partial charge in [0.2, 0.25) is 5.91 Å². The molecule has 3 unspecified atom stereocenters. The minimum atomic E-state index is -0.395. The van der Waals surface area contributed by atoms with Gasteiger partial charge in [0.1, 0.15) is 0 Å². The van der Waals surface area contributed by atoms with Crippen molar-refractivity contribution < 1.29 is 9.59 Å². The predicted octanol–water partition coefficient (Wildman–Crippen LogP) is 5.99. The van der Waals surface area contributed by atoms with Crippen molar-refractivity contribution in [3.63, 3.8) is 0 Å². The van der Waals surface area contributed by atoms with E-state index in [1.54, 1.807) is 12.4 Å². The van der Waals surface area contributed by atoms with Gasteiger partial charge in [0, 0.05) is 39.8 Å². The Kier molecular flexibility index (Phi) is 6.75. The van der Waals surface area contributed by atoms with Crippen LogP contribution in [0.4, 0.5) is 10.5 Å². The van der Waals surface area contributed by atoms with Gasteiger partial charge >= 0.3 is 6.03 Å². The zero-order valence-corrected chi connectivity index (χ0v) is 23.8. The maximum atomic E-state index is 13.8. The molecule has 2 N–H and O–H groups in total. The van der Waals surface area contributed by atoms with Crippen LogP contribution in [0, 0.1) is 12.8 Å². The van der Waals surface area contributed by atoms with Crippen molar-refractivity contribution in [3.05, 3.63) is 77.3 Å². The Morgan fingerprint density at radius 3 is 2.63 bits per heavy atom. The first-order chi connectivity index (χ1) is 20.0. The molecule has 210 valence electrons. The van der Waals surface area contributed by atoms with Crippen LogP contribution in [-0.4, -0.2) is 45.8 Å². The summed E-state index contributed by atoms with van der Waals surface area (Å²) in [6.07, 6.45) is 9.79. The van der Waals surface area contributed by atoms with Crippen LogP contribution >= 0.6 is 11.6 Å². The summed E-state index contributed by atoms with van der Waals surface area (Å²) in [5.41, 5.74) is 4.79. The summed E-state index contributed by atoms with van der Waals surface area (Å²) in [7, 11) is 0. The first-order valence-electron chi connectivity index (χ1n) is 14.5. The quantitative estimate of drug-likeness (QED) is 0.315. The first kappa shape index (κ1) is 26.2. The number of piperidine rings is 1. The van der Waals surface area contributed by atoms with Gasteiger partial charge in [-0.3, -0.25) is 14.5 Å². The molecule has 3 aliphatic rings. The van der Waals surface area contributed by atoms with Crippen LogP contribution in [0.3, 0.4) is 0 Å². The van der Waals surface area contributed by atoms with Crippen LogP contribution in [0.5, 0.6) is 0 Å². The van der Waals surface area contributed by atoms with Gasteiger partial charge in [-0.1, -0.05) is 48.0 Å². The Morgan fingerprint density at radius 1 is 0.951 bits per heavy atom. The highest BCUT2D eigenvalue weighted by molar-refractivity contribution is 6.32. The highest BCUT2D eigenvalue weighted by Crippen LogP contribution is 2.45. The minimum Gasteiger partial charge on any atom is -0.334 e. The maximum Gasteiger partial charge on any atom is 0.329 e. The van der Waals surface area contributed by atoms with Crippen LogP contribution < -0.4 is 15.5 Å². The number of imide groups is 1. The third kappa shape index (κ3) is 4.59. The number of fused-ring (bicyclic) bond motifs is 2. The summed E-state index contributed by atoms with van der Waals surface area (Å²) >= 11 is 6.91. The largest absolute Gasteiger partial charge is 0.334 e. The Morgan fingerprint density at radius 2 is 1.78 bits per heavy atom. The van der Waals surface area contributed by atoms with Gasteiger partial charge in [-0.05, 0) is 75.2 Å². The lowest BCUT2D eigenvalue weighted by Crippen LogP contribution is -2.61. The number of hydrogen-bond donors (Lipinski definition) is 2. The average Bonchev–Trinajstić information content (AvgIpc) is 3.38. The predicted molar refractivity (Wildman–Crippen MR) is 160 cm³/mol. The molecule has 8 nitrogen and oxygen atoms in total. The number of urea groups is 1. The van der Waals surface area contributed by atoms with Crippen molar-refractivity contribution in [2.24, 2.45) is 5.92 Å². The molecule has 9 heteroatoms. The van der Waals surface area contributed by atoms with Gasteiger partial charge < -0.3 is 10.6 Å². The van der Waals surface area contributed by atoms with E-state index in [9.17, 15) is 9.59 Å². The number of nitrogens with zero attached hydrogens (tertiary/aromatic N) is 4. The number of aromatic nitrogens is 3. The summed E-state index contributed by atoms with van der Waals surface area (Å²) in [5.74, 6) is -0.340. The lowest BCUT2D eigenvalue weighted by molar-refractivity contribution is -0.124. The Hall–Kier alpha value is -3.75. The van der Waals surface area contributed by atoms with E-state index in [1.807, 2.05) is 36.4 Å². The number of hydrogen-bond acceptors (Lipinski definition) is 5. The zero-order chi connectivity index (χ0) is 28.1. The van der Waals surface area contributed by atoms with Gasteiger partial charge in [-0.2, -0.15) is 5.10 Å². The number of carbonyl (C=O) groups is 2. The number of carbonyl (C=O) groups excluding carboxylic acids is 2. The molecule has 2 saturated heterocycles. The third-order valence-corrected chi connectivity index (χ3v) is 9.47. The van der Waals surface area contributed by atoms with Crippen LogP contribution in [0.1, 0.15) is 55.3 Å². The molecule has 2 aromatic carbocycles. The molecule has 0 bridgehead atoms. The number of halogens is 1. The Bertz CT molecular complexity index is 1640. The molecular weight excluding hydrogens is 536 g/mol. The number of pyridine rings is 1. The van der Waals surface area contributed by atoms with Gasteiger partial charge in [-0.15, -0.1) is 0 Å². The SMILES string of the molecule is Cc1nn(C2CCNCC2)cc1-c1cccc(Cl)c1C1CCC2C(=O)N(c3cncc4ccccc34)C(=O)NC2C1. The van der Waals surface area contributed by atoms with E-state index in [-0.39, 0.29) is 23.8 Å². The van der Waals surface area contributed by atoms with E-state index in [4.69, 9.17) is 16.7 Å². The molecular formula is C32H33ClN6O2. The van der Waals surface area contributed by atoms with Gasteiger partial charge in [-0.25, -0.2) is 9.69 Å². The zero-order valence-electron chi connectivity index (χ0n) is 23.0.